The molecule has 1 aliphatic heterocycles. The van der Waals surface area contributed by atoms with Crippen molar-refractivity contribution in [3.63, 3.8) is 0 Å². The van der Waals surface area contributed by atoms with Crippen molar-refractivity contribution in [2.24, 2.45) is 0 Å². The van der Waals surface area contributed by atoms with E-state index < -0.39 is 0 Å². The molecule has 1 saturated heterocycles. The summed E-state index contributed by atoms with van der Waals surface area (Å²) in [6.07, 6.45) is 5.13. The van der Waals surface area contributed by atoms with E-state index in [1.165, 1.54) is 10.5 Å². The molecule has 1 aromatic rings. The number of hydrogen-bond acceptors (Lipinski definition) is 1. The number of piperazine rings is 1. The highest BCUT2D eigenvalue weighted by Crippen LogP contribution is 1.94. The van der Waals surface area contributed by atoms with Gasteiger partial charge in [0.05, 0.1) is 6.54 Å². The van der Waals surface area contributed by atoms with E-state index >= 15 is 0 Å². The molecule has 0 unspecified atom stereocenters. The van der Waals surface area contributed by atoms with Crippen LogP contribution in [0.3, 0.4) is 0 Å². The summed E-state index contributed by atoms with van der Waals surface area (Å²) in [7, 11) is 0. The summed E-state index contributed by atoms with van der Waals surface area (Å²) in [5.74, 6) is 2.48. The van der Waals surface area contributed by atoms with Crippen LogP contribution in [0.4, 0.5) is 0 Å². The van der Waals surface area contributed by atoms with Crippen molar-refractivity contribution < 1.29 is 14.6 Å². The monoisotopic (exact) mass is 273 g/mol. The quantitative estimate of drug-likeness (QED) is 0.520. The Morgan fingerprint density at radius 3 is 2.45 bits per heavy atom. The van der Waals surface area contributed by atoms with Gasteiger partial charge < -0.3 is 15.1 Å². The predicted octanol–water partition coefficient (Wildman–Crippen LogP) is -2.28. The lowest BCUT2D eigenvalue weighted by Crippen LogP contribution is -3.28. The van der Waals surface area contributed by atoms with Crippen LogP contribution in [0.2, 0.25) is 0 Å². The summed E-state index contributed by atoms with van der Waals surface area (Å²) < 4.78 is 0. The first-order valence-corrected chi connectivity index (χ1v) is 7.19. The molecule has 1 amide bonds. The molecule has 0 saturated carbocycles. The maximum atomic E-state index is 11.6. The minimum atomic E-state index is 0.0597. The number of terminal acetylenes is 1. The molecule has 1 heterocycles. The van der Waals surface area contributed by atoms with Gasteiger partial charge in [-0.05, 0) is 0 Å². The Balaban J connectivity index is 1.70. The van der Waals surface area contributed by atoms with E-state index in [0.717, 1.165) is 32.7 Å². The fourth-order valence-electron chi connectivity index (χ4n) is 2.63. The third-order valence-corrected chi connectivity index (χ3v) is 3.76. The van der Waals surface area contributed by atoms with Crippen molar-refractivity contribution in [1.82, 2.24) is 5.32 Å². The second-order valence-electron chi connectivity index (χ2n) is 5.32. The van der Waals surface area contributed by atoms with Gasteiger partial charge in [0.2, 0.25) is 0 Å². The highest BCUT2D eigenvalue weighted by atomic mass is 16.2. The van der Waals surface area contributed by atoms with Crippen LogP contribution in [0.1, 0.15) is 5.56 Å². The smallest absolute Gasteiger partial charge is 0.275 e. The standard InChI is InChI=1S/C16H21N3O/c1-2-8-17-16(20)14-19-11-9-18(10-12-19)13-15-6-4-3-5-7-15/h1,3-7H,8-14H2,(H,17,20)/p+2. The van der Waals surface area contributed by atoms with Crippen LogP contribution >= 0.6 is 0 Å². The molecule has 0 aromatic heterocycles. The van der Waals surface area contributed by atoms with Gasteiger partial charge in [0.25, 0.3) is 5.91 Å². The van der Waals surface area contributed by atoms with Crippen LogP contribution in [0.25, 0.3) is 0 Å². The number of rotatable bonds is 5. The average Bonchev–Trinajstić information content (AvgIpc) is 2.48. The summed E-state index contributed by atoms with van der Waals surface area (Å²) in [4.78, 5) is 14.6. The molecule has 3 N–H and O–H groups in total. The molecule has 4 nitrogen and oxygen atoms in total. The van der Waals surface area contributed by atoms with Crippen LogP contribution in [0.5, 0.6) is 0 Å². The Kier molecular flexibility index (Phi) is 5.60. The molecule has 0 spiro atoms. The van der Waals surface area contributed by atoms with Crippen molar-refractivity contribution in [2.45, 2.75) is 6.54 Å². The van der Waals surface area contributed by atoms with Crippen molar-refractivity contribution >= 4 is 5.91 Å². The molecule has 0 bridgehead atoms. The van der Waals surface area contributed by atoms with Crippen LogP contribution in [0, 0.1) is 12.3 Å². The van der Waals surface area contributed by atoms with Gasteiger partial charge in [-0.15, -0.1) is 6.42 Å². The lowest BCUT2D eigenvalue weighted by molar-refractivity contribution is -1.02. The zero-order valence-electron chi connectivity index (χ0n) is 11.8. The highest BCUT2D eigenvalue weighted by molar-refractivity contribution is 5.77. The first-order valence-electron chi connectivity index (χ1n) is 7.19. The van der Waals surface area contributed by atoms with Gasteiger partial charge in [0, 0.05) is 5.56 Å². The van der Waals surface area contributed by atoms with E-state index in [1.54, 1.807) is 4.90 Å². The zero-order chi connectivity index (χ0) is 14.2. The highest BCUT2D eigenvalue weighted by Gasteiger charge is 2.24. The predicted molar refractivity (Wildman–Crippen MR) is 78.2 cm³/mol. The maximum Gasteiger partial charge on any atom is 0.275 e. The van der Waals surface area contributed by atoms with Crippen molar-refractivity contribution in [2.75, 3.05) is 39.3 Å². The van der Waals surface area contributed by atoms with Crippen LogP contribution in [-0.4, -0.2) is 45.2 Å². The molecule has 1 fully saturated rings. The maximum absolute atomic E-state index is 11.6. The lowest BCUT2D eigenvalue weighted by atomic mass is 10.2. The molecule has 0 radical (unpaired) electrons. The molecule has 1 aromatic carbocycles. The van der Waals surface area contributed by atoms with E-state index in [4.69, 9.17) is 6.42 Å². The summed E-state index contributed by atoms with van der Waals surface area (Å²) in [5.41, 5.74) is 1.39. The summed E-state index contributed by atoms with van der Waals surface area (Å²) in [6, 6.07) is 10.6. The van der Waals surface area contributed by atoms with Gasteiger partial charge in [-0.3, -0.25) is 4.79 Å². The molecule has 20 heavy (non-hydrogen) atoms. The number of carbonyl (C=O) groups excluding carboxylic acids is 1. The summed E-state index contributed by atoms with van der Waals surface area (Å²) >= 11 is 0. The first-order chi connectivity index (χ1) is 9.78. The second kappa shape index (κ2) is 7.68. The molecule has 1 aliphatic rings. The number of amides is 1. The number of hydrogen-bond donors (Lipinski definition) is 3. The van der Waals surface area contributed by atoms with E-state index in [-0.39, 0.29) is 5.91 Å². The number of carbonyl (C=O) groups is 1. The van der Waals surface area contributed by atoms with Gasteiger partial charge >= 0.3 is 0 Å². The van der Waals surface area contributed by atoms with Crippen molar-refractivity contribution in [3.05, 3.63) is 35.9 Å². The van der Waals surface area contributed by atoms with Crippen LogP contribution in [0.15, 0.2) is 30.3 Å². The Bertz CT molecular complexity index is 458. The summed E-state index contributed by atoms with van der Waals surface area (Å²) in [6.45, 7) is 6.28. The Hall–Kier alpha value is -1.83. The number of quaternary nitrogens is 2. The minimum Gasteiger partial charge on any atom is -0.340 e. The van der Waals surface area contributed by atoms with E-state index in [1.807, 2.05) is 0 Å². The molecule has 0 atom stereocenters. The van der Waals surface area contributed by atoms with Gasteiger partial charge in [0.15, 0.2) is 6.54 Å². The Morgan fingerprint density at radius 2 is 1.80 bits per heavy atom. The third-order valence-electron chi connectivity index (χ3n) is 3.76. The van der Waals surface area contributed by atoms with E-state index in [2.05, 4.69) is 41.6 Å². The first kappa shape index (κ1) is 14.6. The van der Waals surface area contributed by atoms with Crippen LogP contribution in [-0.2, 0) is 11.3 Å². The summed E-state index contributed by atoms with van der Waals surface area (Å²) in [5, 5.41) is 2.73. The average molecular weight is 273 g/mol. The number of nitrogens with one attached hydrogen (secondary N) is 3. The zero-order valence-corrected chi connectivity index (χ0v) is 11.8. The Morgan fingerprint density at radius 1 is 1.15 bits per heavy atom. The fraction of sp³-hybridized carbons (Fsp3) is 0.438. The van der Waals surface area contributed by atoms with Crippen LogP contribution < -0.4 is 15.1 Å². The van der Waals surface area contributed by atoms with Gasteiger partial charge in [0.1, 0.15) is 32.7 Å². The minimum absolute atomic E-state index is 0.0597. The van der Waals surface area contributed by atoms with E-state index in [9.17, 15) is 4.79 Å². The normalized spacial score (nSPS) is 21.9. The molecule has 2 rings (SSSR count). The molecule has 0 aliphatic carbocycles. The topological polar surface area (TPSA) is 38.0 Å². The van der Waals surface area contributed by atoms with Crippen molar-refractivity contribution in [3.8, 4) is 12.3 Å². The number of benzene rings is 1. The van der Waals surface area contributed by atoms with Gasteiger partial charge in [-0.1, -0.05) is 36.3 Å². The van der Waals surface area contributed by atoms with Crippen molar-refractivity contribution in [1.29, 1.82) is 0 Å². The second-order valence-corrected chi connectivity index (χ2v) is 5.32. The molecular weight excluding hydrogens is 250 g/mol. The lowest BCUT2D eigenvalue weighted by Gasteiger charge is -2.29. The molecule has 4 heteroatoms. The Labute approximate surface area is 120 Å². The van der Waals surface area contributed by atoms with Gasteiger partial charge in [-0.25, -0.2) is 0 Å². The van der Waals surface area contributed by atoms with Gasteiger partial charge in [-0.2, -0.15) is 0 Å². The van der Waals surface area contributed by atoms with E-state index in [0.29, 0.717) is 13.1 Å². The largest absolute Gasteiger partial charge is 0.340 e. The SMILES string of the molecule is C#CCNC(=O)C[NH+]1CC[NH+](Cc2ccccc2)CC1. The molecular formula is C16H23N3O+2. The fourth-order valence-corrected chi connectivity index (χ4v) is 2.63. The third kappa shape index (κ3) is 4.69. The molecule has 106 valence electrons.